The normalized spacial score (nSPS) is 13.3. The van der Waals surface area contributed by atoms with Crippen molar-refractivity contribution in [1.82, 2.24) is 21.3 Å². The van der Waals surface area contributed by atoms with Crippen LogP contribution in [-0.2, 0) is 19.2 Å². The second kappa shape index (κ2) is 17.8. The minimum absolute atomic E-state index is 0.0574. The highest BCUT2D eigenvalue weighted by atomic mass is 16.4. The molecular weight excluding hydrogens is 382 g/mol. The van der Waals surface area contributed by atoms with Gasteiger partial charge in [-0.15, -0.1) is 0 Å². The van der Waals surface area contributed by atoms with Gasteiger partial charge in [-0.2, -0.15) is 0 Å². The molecule has 0 spiro atoms. The summed E-state index contributed by atoms with van der Waals surface area (Å²) in [7, 11) is 1.61. The fraction of sp³-hybridized carbons (Fsp3) is 0.778. The van der Waals surface area contributed by atoms with Gasteiger partial charge in [-0.1, -0.05) is 20.8 Å². The number of carboxylic acid groups (broad SMARTS) is 2. The number of hydrogen-bond acceptors (Lipinski definition) is 7. The summed E-state index contributed by atoms with van der Waals surface area (Å²) >= 11 is 0. The lowest BCUT2D eigenvalue weighted by atomic mass is 10.1. The predicted molar refractivity (Wildman–Crippen MR) is 109 cm³/mol. The fourth-order valence-electron chi connectivity index (χ4n) is 2.37. The molecule has 0 aliphatic carbocycles. The molecule has 0 fully saturated rings. The van der Waals surface area contributed by atoms with Crippen molar-refractivity contribution in [2.75, 3.05) is 26.7 Å². The highest BCUT2D eigenvalue weighted by Gasteiger charge is 2.25. The van der Waals surface area contributed by atoms with Crippen molar-refractivity contribution in [3.05, 3.63) is 0 Å². The molecule has 0 radical (unpaired) electrons. The molecule has 0 aromatic carbocycles. The van der Waals surface area contributed by atoms with Gasteiger partial charge in [-0.3, -0.25) is 14.4 Å². The van der Waals surface area contributed by atoms with E-state index in [2.05, 4.69) is 21.3 Å². The number of hydrogen-bond donors (Lipinski definition) is 7. The van der Waals surface area contributed by atoms with Crippen LogP contribution < -0.4 is 27.0 Å². The van der Waals surface area contributed by atoms with Crippen LogP contribution in [0, 0.1) is 0 Å². The molecule has 0 aliphatic heterocycles. The van der Waals surface area contributed by atoms with Gasteiger partial charge in [0.25, 0.3) is 0 Å². The van der Waals surface area contributed by atoms with E-state index >= 15 is 0 Å². The minimum atomic E-state index is -1.20. The Bertz CT molecular complexity index is 499. The van der Waals surface area contributed by atoms with Gasteiger partial charge in [-0.25, -0.2) is 4.79 Å². The molecule has 0 saturated heterocycles. The summed E-state index contributed by atoms with van der Waals surface area (Å²) in [6.07, 6.45) is 0.307. The first-order valence-electron chi connectivity index (χ1n) is 9.90. The zero-order valence-corrected chi connectivity index (χ0v) is 17.8. The van der Waals surface area contributed by atoms with Gasteiger partial charge in [0.15, 0.2) is 0 Å². The van der Waals surface area contributed by atoms with Gasteiger partial charge in [0, 0.05) is 19.5 Å². The summed E-state index contributed by atoms with van der Waals surface area (Å²) in [5, 5.41) is 28.7. The Hall–Kier alpha value is -2.24. The molecule has 1 unspecified atom stereocenters. The van der Waals surface area contributed by atoms with Crippen molar-refractivity contribution in [2.24, 2.45) is 5.73 Å². The summed E-state index contributed by atoms with van der Waals surface area (Å²) in [6, 6.07) is -2.43. The van der Waals surface area contributed by atoms with Gasteiger partial charge in [-0.05, 0) is 32.9 Å². The average molecular weight is 420 g/mol. The maximum absolute atomic E-state index is 12.2. The largest absolute Gasteiger partial charge is 0.481 e. The van der Waals surface area contributed by atoms with Crippen LogP contribution in [0.4, 0.5) is 0 Å². The topological polar surface area (TPSA) is 183 Å². The second-order valence-electron chi connectivity index (χ2n) is 5.95. The maximum atomic E-state index is 12.2. The summed E-state index contributed by atoms with van der Waals surface area (Å²) in [5.74, 6) is -3.07. The third-order valence-electron chi connectivity index (χ3n) is 3.90. The lowest BCUT2D eigenvalue weighted by Crippen LogP contribution is -2.50. The molecule has 0 heterocycles. The van der Waals surface area contributed by atoms with Crippen LogP contribution in [0.2, 0.25) is 0 Å². The molecule has 8 N–H and O–H groups in total. The van der Waals surface area contributed by atoms with Crippen LogP contribution in [0.15, 0.2) is 0 Å². The highest BCUT2D eigenvalue weighted by Crippen LogP contribution is 2.02. The van der Waals surface area contributed by atoms with Crippen LogP contribution >= 0.6 is 0 Å². The van der Waals surface area contributed by atoms with Gasteiger partial charge in [0.1, 0.15) is 6.04 Å². The van der Waals surface area contributed by atoms with Gasteiger partial charge in [0.05, 0.1) is 12.1 Å². The Labute approximate surface area is 172 Å². The van der Waals surface area contributed by atoms with E-state index in [0.717, 1.165) is 0 Å². The molecule has 29 heavy (non-hydrogen) atoms. The maximum Gasteiger partial charge on any atom is 0.326 e. The fourth-order valence-corrected chi connectivity index (χ4v) is 2.37. The zero-order valence-electron chi connectivity index (χ0n) is 17.8. The summed E-state index contributed by atoms with van der Waals surface area (Å²) in [4.78, 5) is 46.0. The molecule has 0 saturated carbocycles. The first kappa shape index (κ1) is 29.0. The highest BCUT2D eigenvalue weighted by molar-refractivity contribution is 5.87. The Balaban J connectivity index is 0. The Kier molecular flexibility index (Phi) is 17.8. The van der Waals surface area contributed by atoms with E-state index in [1.54, 1.807) is 14.0 Å². The number of carbonyl (C=O) groups is 4. The summed E-state index contributed by atoms with van der Waals surface area (Å²) in [6.45, 7) is 6.58. The summed E-state index contributed by atoms with van der Waals surface area (Å²) < 4.78 is 0. The molecule has 0 rings (SSSR count). The molecular formula is C18H37N5O6. The number of nitrogens with one attached hydrogen (secondary N) is 4. The smallest absolute Gasteiger partial charge is 0.326 e. The number of amides is 2. The average Bonchev–Trinajstić information content (AvgIpc) is 2.69. The third-order valence-corrected chi connectivity index (χ3v) is 3.90. The number of aliphatic carboxylic acids is 2. The molecule has 0 aromatic heterocycles. The predicted octanol–water partition coefficient (Wildman–Crippen LogP) is -1.13. The molecule has 0 aliphatic rings. The number of carboxylic acids is 2. The molecule has 11 nitrogen and oxygen atoms in total. The standard InChI is InChI=1S/C16H31N5O6.C2H6/c1-3-19-10(6-7-13(22)23)15(25)21-11(16(26)27)5-4-8-20-14(24)12(9-17)18-2;1-2/h10-12,18-19H,3-9,17H2,1-2H3,(H,20,24)(H,21,25)(H,22,23)(H,26,27);1-2H3/t10-,11?,12-;/m0./s1. The van der Waals surface area contributed by atoms with E-state index in [1.165, 1.54) is 0 Å². The number of rotatable bonds is 15. The quantitative estimate of drug-likeness (QED) is 0.161. The minimum Gasteiger partial charge on any atom is -0.481 e. The Morgan fingerprint density at radius 2 is 1.59 bits per heavy atom. The molecule has 3 atom stereocenters. The van der Waals surface area contributed by atoms with E-state index in [-0.39, 0.29) is 38.3 Å². The van der Waals surface area contributed by atoms with Gasteiger partial charge >= 0.3 is 11.9 Å². The van der Waals surface area contributed by atoms with Crippen molar-refractivity contribution in [2.45, 2.75) is 64.6 Å². The van der Waals surface area contributed by atoms with E-state index in [1.807, 2.05) is 13.8 Å². The molecule has 170 valence electrons. The summed E-state index contributed by atoms with van der Waals surface area (Å²) in [5.41, 5.74) is 5.44. The lowest BCUT2D eigenvalue weighted by Gasteiger charge is -2.21. The third kappa shape index (κ3) is 13.6. The number of likely N-dealkylation sites (N-methyl/N-ethyl adjacent to an activating group) is 2. The monoisotopic (exact) mass is 419 g/mol. The van der Waals surface area contributed by atoms with E-state index in [4.69, 9.17) is 10.8 Å². The number of nitrogens with two attached hydrogens (primary N) is 1. The van der Waals surface area contributed by atoms with Gasteiger partial charge in [0.2, 0.25) is 11.8 Å². The van der Waals surface area contributed by atoms with E-state index in [9.17, 15) is 24.3 Å². The van der Waals surface area contributed by atoms with Crippen LogP contribution in [0.1, 0.15) is 46.5 Å². The van der Waals surface area contributed by atoms with Crippen molar-refractivity contribution in [1.29, 1.82) is 0 Å². The van der Waals surface area contributed by atoms with Crippen molar-refractivity contribution >= 4 is 23.8 Å². The molecule has 11 heteroatoms. The second-order valence-corrected chi connectivity index (χ2v) is 5.95. The van der Waals surface area contributed by atoms with Crippen molar-refractivity contribution in [3.63, 3.8) is 0 Å². The zero-order chi connectivity index (χ0) is 22.8. The van der Waals surface area contributed by atoms with E-state index < -0.39 is 36.0 Å². The molecule has 0 aromatic rings. The van der Waals surface area contributed by atoms with Crippen LogP contribution in [0.25, 0.3) is 0 Å². The van der Waals surface area contributed by atoms with Crippen molar-refractivity contribution in [3.8, 4) is 0 Å². The Morgan fingerprint density at radius 1 is 0.966 bits per heavy atom. The number of carbonyl (C=O) groups excluding carboxylic acids is 2. The van der Waals surface area contributed by atoms with Crippen LogP contribution in [0.3, 0.4) is 0 Å². The van der Waals surface area contributed by atoms with Crippen LogP contribution in [0.5, 0.6) is 0 Å². The lowest BCUT2D eigenvalue weighted by molar-refractivity contribution is -0.142. The van der Waals surface area contributed by atoms with Crippen molar-refractivity contribution < 1.29 is 29.4 Å². The molecule has 2 amide bonds. The molecule has 0 bridgehead atoms. The van der Waals surface area contributed by atoms with Crippen LogP contribution in [-0.4, -0.2) is 78.8 Å². The van der Waals surface area contributed by atoms with Gasteiger partial charge < -0.3 is 37.2 Å². The SMILES string of the molecule is CC.CCN[C@@H](CCC(=O)O)C(=O)NC(CCCNC(=O)[C@H](CN)NC)C(=O)O. The van der Waals surface area contributed by atoms with E-state index in [0.29, 0.717) is 13.0 Å². The first-order chi connectivity index (χ1) is 13.8. The Morgan fingerprint density at radius 3 is 2.03 bits per heavy atom. The first-order valence-corrected chi connectivity index (χ1v) is 9.90.